The van der Waals surface area contributed by atoms with Gasteiger partial charge in [-0.25, -0.2) is 0 Å². The highest BCUT2D eigenvalue weighted by Crippen LogP contribution is 2.19. The Balaban J connectivity index is 0. The molecule has 0 saturated heterocycles. The minimum atomic E-state index is -0.374. The third-order valence-electron chi connectivity index (χ3n) is 3.18. The zero-order valence-corrected chi connectivity index (χ0v) is 17.3. The minimum absolute atomic E-state index is 0.110. The van der Waals surface area contributed by atoms with Crippen LogP contribution < -0.4 is 5.73 Å². The summed E-state index contributed by atoms with van der Waals surface area (Å²) in [6, 6.07) is 0. The fourth-order valence-corrected chi connectivity index (χ4v) is 1.68. The molecule has 0 aliphatic carbocycles. The predicted molar refractivity (Wildman–Crippen MR) is 109 cm³/mol. The van der Waals surface area contributed by atoms with E-state index in [0.717, 1.165) is 24.7 Å². The van der Waals surface area contributed by atoms with Crippen molar-refractivity contribution in [1.29, 1.82) is 0 Å². The van der Waals surface area contributed by atoms with Crippen molar-refractivity contribution in [2.75, 3.05) is 39.6 Å². The number of allylic oxidation sites excluding steroid dienone is 2. The molecule has 5 nitrogen and oxygen atoms in total. The fraction of sp³-hybridized carbons (Fsp3) is 0.714. The van der Waals surface area contributed by atoms with Crippen molar-refractivity contribution in [3.8, 4) is 12.3 Å². The van der Waals surface area contributed by atoms with Crippen LogP contribution in [0.15, 0.2) is 24.0 Å². The molecule has 0 aliphatic rings. The Bertz CT molecular complexity index is 409. The smallest absolute Gasteiger partial charge is 0.115 e. The third kappa shape index (κ3) is 20.7. The summed E-state index contributed by atoms with van der Waals surface area (Å²) >= 11 is 0. The standard InChI is InChI=1S/C14H22O3.C7H17NO/c1-5-11-16-12-7-8-13(6-2)17-14(3,4)9-10-15;1-7(2)3-5-9-6-4-8/h1,6-8,15H,9-12H2,2-4H3;7H,3-6,8H2,1-2H3/b8-7-,13-6+;. The first-order chi connectivity index (χ1) is 12.3. The van der Waals surface area contributed by atoms with Crippen LogP contribution in [0.2, 0.25) is 0 Å². The van der Waals surface area contributed by atoms with E-state index in [4.69, 9.17) is 31.5 Å². The maximum absolute atomic E-state index is 8.90. The summed E-state index contributed by atoms with van der Waals surface area (Å²) in [4.78, 5) is 0. The molecular formula is C21H39NO4. The topological polar surface area (TPSA) is 73.9 Å². The first-order valence-electron chi connectivity index (χ1n) is 9.24. The number of terminal acetylenes is 1. The van der Waals surface area contributed by atoms with Gasteiger partial charge in [0.15, 0.2) is 0 Å². The van der Waals surface area contributed by atoms with Crippen molar-refractivity contribution >= 4 is 0 Å². The summed E-state index contributed by atoms with van der Waals surface area (Å²) in [7, 11) is 0. The first-order valence-corrected chi connectivity index (χ1v) is 9.24. The van der Waals surface area contributed by atoms with Crippen molar-refractivity contribution in [2.24, 2.45) is 11.7 Å². The molecule has 3 N–H and O–H groups in total. The van der Waals surface area contributed by atoms with Gasteiger partial charge in [0.2, 0.25) is 0 Å². The molecule has 0 heterocycles. The monoisotopic (exact) mass is 369 g/mol. The maximum Gasteiger partial charge on any atom is 0.115 e. The molecular weight excluding hydrogens is 330 g/mol. The number of hydrogen-bond acceptors (Lipinski definition) is 5. The van der Waals surface area contributed by atoms with E-state index in [1.807, 2.05) is 39.0 Å². The number of rotatable bonds is 13. The minimum Gasteiger partial charge on any atom is -0.488 e. The van der Waals surface area contributed by atoms with E-state index in [2.05, 4.69) is 19.8 Å². The lowest BCUT2D eigenvalue weighted by molar-refractivity contribution is 0.0196. The zero-order valence-electron chi connectivity index (χ0n) is 17.3. The lowest BCUT2D eigenvalue weighted by Gasteiger charge is -2.26. The van der Waals surface area contributed by atoms with E-state index >= 15 is 0 Å². The van der Waals surface area contributed by atoms with Gasteiger partial charge in [-0.15, -0.1) is 6.42 Å². The number of aliphatic hydroxyl groups excluding tert-OH is 1. The quantitative estimate of drug-likeness (QED) is 0.226. The van der Waals surface area contributed by atoms with Crippen LogP contribution in [0.1, 0.15) is 47.5 Å². The number of nitrogens with two attached hydrogens (primary N) is 1. The summed E-state index contributed by atoms with van der Waals surface area (Å²) in [5, 5.41) is 8.90. The molecule has 0 aromatic rings. The van der Waals surface area contributed by atoms with Crippen LogP contribution >= 0.6 is 0 Å². The van der Waals surface area contributed by atoms with Crippen LogP contribution in [-0.4, -0.2) is 50.3 Å². The fourth-order valence-electron chi connectivity index (χ4n) is 1.68. The maximum atomic E-state index is 8.90. The van der Waals surface area contributed by atoms with Crippen molar-refractivity contribution in [2.45, 2.75) is 53.1 Å². The van der Waals surface area contributed by atoms with Gasteiger partial charge in [-0.1, -0.05) is 25.8 Å². The van der Waals surface area contributed by atoms with Crippen LogP contribution in [0.25, 0.3) is 0 Å². The van der Waals surface area contributed by atoms with Gasteiger partial charge in [0.1, 0.15) is 18.0 Å². The van der Waals surface area contributed by atoms with Gasteiger partial charge in [-0.3, -0.25) is 0 Å². The van der Waals surface area contributed by atoms with E-state index < -0.39 is 0 Å². The SMILES string of the molecule is C#CCOC/C=C\C(=C/C)OC(C)(C)CCO.CC(C)CCOCCN. The first kappa shape index (κ1) is 26.9. The largest absolute Gasteiger partial charge is 0.488 e. The van der Waals surface area contributed by atoms with Crippen LogP contribution in [-0.2, 0) is 14.2 Å². The summed E-state index contributed by atoms with van der Waals surface area (Å²) < 4.78 is 16.0. The lowest BCUT2D eigenvalue weighted by atomic mass is 10.1. The highest BCUT2D eigenvalue weighted by atomic mass is 16.5. The van der Waals surface area contributed by atoms with Crippen LogP contribution in [0.4, 0.5) is 0 Å². The lowest BCUT2D eigenvalue weighted by Crippen LogP contribution is -2.25. The summed E-state index contributed by atoms with van der Waals surface area (Å²) in [6.07, 6.45) is 12.3. The molecule has 0 radical (unpaired) electrons. The number of aliphatic hydroxyl groups is 1. The normalized spacial score (nSPS) is 12.0. The Kier molecular flexibility index (Phi) is 19.1. The van der Waals surface area contributed by atoms with E-state index in [1.165, 1.54) is 0 Å². The van der Waals surface area contributed by atoms with Gasteiger partial charge >= 0.3 is 0 Å². The average molecular weight is 370 g/mol. The van der Waals surface area contributed by atoms with Crippen molar-refractivity contribution in [3.05, 3.63) is 24.0 Å². The molecule has 26 heavy (non-hydrogen) atoms. The van der Waals surface area contributed by atoms with Crippen molar-refractivity contribution in [3.63, 3.8) is 0 Å². The van der Waals surface area contributed by atoms with Crippen LogP contribution in [0, 0.1) is 18.3 Å². The Hall–Kier alpha value is -1.32. The second-order valence-electron chi connectivity index (χ2n) is 6.73. The van der Waals surface area contributed by atoms with Gasteiger partial charge in [-0.05, 0) is 45.3 Å². The van der Waals surface area contributed by atoms with Gasteiger partial charge in [0, 0.05) is 26.2 Å². The highest BCUT2D eigenvalue weighted by molar-refractivity contribution is 5.12. The summed E-state index contributed by atoms with van der Waals surface area (Å²) in [5.41, 5.74) is 4.85. The molecule has 0 saturated carbocycles. The molecule has 0 aromatic heterocycles. The van der Waals surface area contributed by atoms with Gasteiger partial charge in [0.25, 0.3) is 0 Å². The van der Waals surface area contributed by atoms with Crippen molar-refractivity contribution < 1.29 is 19.3 Å². The molecule has 0 amide bonds. The van der Waals surface area contributed by atoms with Crippen LogP contribution in [0.3, 0.4) is 0 Å². The molecule has 0 spiro atoms. The third-order valence-corrected chi connectivity index (χ3v) is 3.18. The number of ether oxygens (including phenoxy) is 3. The van der Waals surface area contributed by atoms with E-state index in [1.54, 1.807) is 0 Å². The molecule has 0 atom stereocenters. The average Bonchev–Trinajstić information content (AvgIpc) is 2.57. The zero-order chi connectivity index (χ0) is 20.3. The Labute approximate surface area is 160 Å². The van der Waals surface area contributed by atoms with E-state index in [9.17, 15) is 0 Å². The predicted octanol–water partition coefficient (Wildman–Crippen LogP) is 3.28. The molecule has 0 bridgehead atoms. The van der Waals surface area contributed by atoms with Gasteiger partial charge in [-0.2, -0.15) is 0 Å². The molecule has 0 rings (SSSR count). The summed E-state index contributed by atoms with van der Waals surface area (Å²) in [6.45, 7) is 13.2. The second-order valence-corrected chi connectivity index (χ2v) is 6.73. The van der Waals surface area contributed by atoms with Crippen molar-refractivity contribution in [1.82, 2.24) is 0 Å². The number of hydrogen-bond donors (Lipinski definition) is 2. The van der Waals surface area contributed by atoms with E-state index in [0.29, 0.717) is 32.8 Å². The van der Waals surface area contributed by atoms with Crippen LogP contribution in [0.5, 0.6) is 0 Å². The Morgan fingerprint density at radius 1 is 1.27 bits per heavy atom. The highest BCUT2D eigenvalue weighted by Gasteiger charge is 2.18. The molecule has 0 unspecified atom stereocenters. The van der Waals surface area contributed by atoms with Gasteiger partial charge in [0.05, 0.1) is 13.2 Å². The van der Waals surface area contributed by atoms with E-state index in [-0.39, 0.29) is 12.2 Å². The Morgan fingerprint density at radius 2 is 1.96 bits per heavy atom. The molecule has 5 heteroatoms. The molecule has 0 aliphatic heterocycles. The van der Waals surface area contributed by atoms with Gasteiger partial charge < -0.3 is 25.1 Å². The molecule has 0 aromatic carbocycles. The second kappa shape index (κ2) is 18.5. The summed E-state index contributed by atoms with van der Waals surface area (Å²) in [5.74, 6) is 3.89. The molecule has 152 valence electrons. The molecule has 0 fully saturated rings. The Morgan fingerprint density at radius 3 is 2.46 bits per heavy atom.